The fourth-order valence-corrected chi connectivity index (χ4v) is 2.18. The largest absolute Gasteiger partial charge is 0.351 e. The smallest absolute Gasteiger partial charge is 0.270 e. The minimum atomic E-state index is -0.744. The highest BCUT2D eigenvalue weighted by atomic mass is 19.1. The number of carbonyl (C=O) groups is 1. The quantitative estimate of drug-likeness (QED) is 0.752. The number of hydrogen-bond donors (Lipinski definition) is 2. The number of nitrogens with one attached hydrogen (secondary N) is 2. The van der Waals surface area contributed by atoms with Crippen molar-refractivity contribution in [3.63, 3.8) is 0 Å². The second-order valence-electron chi connectivity index (χ2n) is 5.82. The SMILES string of the molecule is Cc1nc(Nc2c(F)cccc2F)cc(C(=O)NCCCN(C)C)n1. The topological polar surface area (TPSA) is 70.2 Å². The van der Waals surface area contributed by atoms with Crippen LogP contribution in [0.1, 0.15) is 22.7 Å². The fourth-order valence-electron chi connectivity index (χ4n) is 2.18. The third-order valence-electron chi connectivity index (χ3n) is 3.35. The minimum Gasteiger partial charge on any atom is -0.351 e. The summed E-state index contributed by atoms with van der Waals surface area (Å²) in [5, 5.41) is 5.33. The van der Waals surface area contributed by atoms with Crippen LogP contribution < -0.4 is 10.6 Å². The molecule has 1 heterocycles. The van der Waals surface area contributed by atoms with E-state index in [1.54, 1.807) is 6.92 Å². The van der Waals surface area contributed by atoms with Crippen LogP contribution in [0.15, 0.2) is 24.3 Å². The van der Waals surface area contributed by atoms with Crippen LogP contribution in [0.25, 0.3) is 0 Å². The molecule has 0 spiro atoms. The number of carbonyl (C=O) groups excluding carboxylic acids is 1. The van der Waals surface area contributed by atoms with Gasteiger partial charge in [-0.1, -0.05) is 6.07 Å². The van der Waals surface area contributed by atoms with Crippen LogP contribution in [-0.4, -0.2) is 48.0 Å². The van der Waals surface area contributed by atoms with Crippen LogP contribution in [0, 0.1) is 18.6 Å². The van der Waals surface area contributed by atoms with Crippen LogP contribution in [0.4, 0.5) is 20.3 Å². The third kappa shape index (κ3) is 5.46. The zero-order valence-electron chi connectivity index (χ0n) is 14.4. The molecule has 0 aliphatic carbocycles. The van der Waals surface area contributed by atoms with E-state index in [2.05, 4.69) is 20.6 Å². The van der Waals surface area contributed by atoms with Gasteiger partial charge >= 0.3 is 0 Å². The van der Waals surface area contributed by atoms with E-state index >= 15 is 0 Å². The monoisotopic (exact) mass is 349 g/mol. The Morgan fingerprint density at radius 1 is 1.20 bits per heavy atom. The maximum Gasteiger partial charge on any atom is 0.270 e. The first kappa shape index (κ1) is 18.7. The molecule has 2 N–H and O–H groups in total. The Morgan fingerprint density at radius 2 is 1.88 bits per heavy atom. The van der Waals surface area contributed by atoms with Gasteiger partial charge in [-0.25, -0.2) is 18.7 Å². The Labute approximate surface area is 145 Å². The molecule has 0 saturated heterocycles. The van der Waals surface area contributed by atoms with Gasteiger partial charge in [-0.05, 0) is 46.1 Å². The van der Waals surface area contributed by atoms with Gasteiger partial charge in [0.1, 0.15) is 34.7 Å². The normalized spacial score (nSPS) is 10.8. The molecule has 8 heteroatoms. The Balaban J connectivity index is 2.10. The van der Waals surface area contributed by atoms with E-state index in [4.69, 9.17) is 0 Å². The number of benzene rings is 1. The van der Waals surface area contributed by atoms with Crippen molar-refractivity contribution in [1.29, 1.82) is 0 Å². The zero-order valence-corrected chi connectivity index (χ0v) is 14.4. The first-order valence-corrected chi connectivity index (χ1v) is 7.86. The van der Waals surface area contributed by atoms with Gasteiger partial charge in [-0.2, -0.15) is 0 Å². The number of hydrogen-bond acceptors (Lipinski definition) is 5. The number of para-hydroxylation sites is 1. The van der Waals surface area contributed by atoms with Crippen molar-refractivity contribution in [2.75, 3.05) is 32.5 Å². The molecule has 0 unspecified atom stereocenters. The van der Waals surface area contributed by atoms with Gasteiger partial charge in [0.05, 0.1) is 0 Å². The molecule has 0 aliphatic rings. The van der Waals surface area contributed by atoms with E-state index in [9.17, 15) is 13.6 Å². The van der Waals surface area contributed by atoms with Gasteiger partial charge in [0.15, 0.2) is 0 Å². The maximum atomic E-state index is 13.7. The summed E-state index contributed by atoms with van der Waals surface area (Å²) in [7, 11) is 3.91. The van der Waals surface area contributed by atoms with Crippen molar-refractivity contribution in [1.82, 2.24) is 20.2 Å². The lowest BCUT2D eigenvalue weighted by atomic mass is 10.2. The van der Waals surface area contributed by atoms with Crippen LogP contribution in [-0.2, 0) is 0 Å². The van der Waals surface area contributed by atoms with E-state index in [0.717, 1.165) is 25.1 Å². The summed E-state index contributed by atoms with van der Waals surface area (Å²) in [6.07, 6.45) is 0.800. The van der Waals surface area contributed by atoms with E-state index in [0.29, 0.717) is 12.4 Å². The number of aromatic nitrogens is 2. The lowest BCUT2D eigenvalue weighted by molar-refractivity contribution is 0.0947. The number of halogens is 2. The molecule has 0 radical (unpaired) electrons. The summed E-state index contributed by atoms with van der Waals surface area (Å²) >= 11 is 0. The van der Waals surface area contributed by atoms with Crippen LogP contribution in [0.3, 0.4) is 0 Å². The van der Waals surface area contributed by atoms with Gasteiger partial charge in [-0.3, -0.25) is 4.79 Å². The highest BCUT2D eigenvalue weighted by Crippen LogP contribution is 2.22. The summed E-state index contributed by atoms with van der Waals surface area (Å²) in [6, 6.07) is 4.91. The van der Waals surface area contributed by atoms with Crippen molar-refractivity contribution in [3.05, 3.63) is 47.4 Å². The molecular weight excluding hydrogens is 328 g/mol. The van der Waals surface area contributed by atoms with Crippen LogP contribution >= 0.6 is 0 Å². The predicted molar refractivity (Wildman–Crippen MR) is 91.9 cm³/mol. The van der Waals surface area contributed by atoms with Crippen molar-refractivity contribution in [3.8, 4) is 0 Å². The van der Waals surface area contributed by atoms with Crippen molar-refractivity contribution in [2.24, 2.45) is 0 Å². The standard InChI is InChI=1S/C17H21F2N5O/c1-11-21-14(17(25)20-8-5-9-24(2)3)10-15(22-11)23-16-12(18)6-4-7-13(16)19/h4,6-7,10H,5,8-9H2,1-3H3,(H,20,25)(H,21,22,23). The van der Waals surface area contributed by atoms with Gasteiger partial charge in [0.25, 0.3) is 5.91 Å². The molecule has 0 fully saturated rings. The van der Waals surface area contributed by atoms with E-state index in [1.807, 2.05) is 19.0 Å². The molecule has 1 aromatic carbocycles. The number of nitrogens with zero attached hydrogens (tertiary/aromatic N) is 3. The summed E-state index contributed by atoms with van der Waals surface area (Å²) in [4.78, 5) is 22.4. The van der Waals surface area contributed by atoms with Gasteiger partial charge in [-0.15, -0.1) is 0 Å². The summed E-state index contributed by atoms with van der Waals surface area (Å²) in [6.45, 7) is 2.96. The molecule has 6 nitrogen and oxygen atoms in total. The van der Waals surface area contributed by atoms with Gasteiger partial charge < -0.3 is 15.5 Å². The van der Waals surface area contributed by atoms with Crippen molar-refractivity contribution < 1.29 is 13.6 Å². The number of anilines is 2. The van der Waals surface area contributed by atoms with Gasteiger partial charge in [0, 0.05) is 12.6 Å². The first-order chi connectivity index (χ1) is 11.9. The molecule has 0 saturated carbocycles. The molecule has 1 aromatic heterocycles. The second kappa shape index (κ2) is 8.48. The second-order valence-corrected chi connectivity index (χ2v) is 5.82. The van der Waals surface area contributed by atoms with E-state index < -0.39 is 11.6 Å². The highest BCUT2D eigenvalue weighted by Gasteiger charge is 2.13. The number of amides is 1. The first-order valence-electron chi connectivity index (χ1n) is 7.86. The molecule has 0 aliphatic heterocycles. The molecule has 0 bridgehead atoms. The predicted octanol–water partition coefficient (Wildman–Crippen LogP) is 2.49. The Bertz CT molecular complexity index is 732. The summed E-state index contributed by atoms with van der Waals surface area (Å²) < 4.78 is 27.5. The fraction of sp³-hybridized carbons (Fsp3) is 0.353. The lowest BCUT2D eigenvalue weighted by Gasteiger charge is -2.11. The van der Waals surface area contributed by atoms with Gasteiger partial charge in [0.2, 0.25) is 0 Å². The van der Waals surface area contributed by atoms with Crippen LogP contribution in [0.5, 0.6) is 0 Å². The molecular formula is C17H21F2N5O. The average molecular weight is 349 g/mol. The van der Waals surface area contributed by atoms with Crippen LogP contribution in [0.2, 0.25) is 0 Å². The Hall–Kier alpha value is -2.61. The summed E-state index contributed by atoms with van der Waals surface area (Å²) in [5.41, 5.74) is -0.186. The third-order valence-corrected chi connectivity index (χ3v) is 3.35. The van der Waals surface area contributed by atoms with Crippen molar-refractivity contribution in [2.45, 2.75) is 13.3 Å². The molecule has 2 rings (SSSR count). The molecule has 2 aromatic rings. The zero-order chi connectivity index (χ0) is 18.4. The molecule has 0 atom stereocenters. The minimum absolute atomic E-state index is 0.136. The van der Waals surface area contributed by atoms with E-state index in [-0.39, 0.29) is 23.1 Å². The lowest BCUT2D eigenvalue weighted by Crippen LogP contribution is -2.28. The van der Waals surface area contributed by atoms with Crippen molar-refractivity contribution >= 4 is 17.4 Å². The maximum absolute atomic E-state index is 13.7. The summed E-state index contributed by atoms with van der Waals surface area (Å²) in [5.74, 6) is -1.38. The molecule has 1 amide bonds. The Kier molecular flexibility index (Phi) is 6.35. The molecule has 134 valence electrons. The Morgan fingerprint density at radius 3 is 2.52 bits per heavy atom. The number of aryl methyl sites for hydroxylation is 1. The van der Waals surface area contributed by atoms with E-state index in [1.165, 1.54) is 12.1 Å². The number of rotatable bonds is 7. The highest BCUT2D eigenvalue weighted by molar-refractivity contribution is 5.93. The average Bonchev–Trinajstić information content (AvgIpc) is 2.54. The molecule has 25 heavy (non-hydrogen) atoms.